The number of hydrogen-bond donors (Lipinski definition) is 1. The predicted octanol–water partition coefficient (Wildman–Crippen LogP) is 0.255. The minimum atomic E-state index is -4.58. The van der Waals surface area contributed by atoms with Crippen LogP contribution < -0.4 is 0 Å². The first-order valence-corrected chi connectivity index (χ1v) is 4.91. The van der Waals surface area contributed by atoms with Crippen LogP contribution in [0.25, 0.3) is 0 Å². The molecule has 1 fully saturated rings. The van der Waals surface area contributed by atoms with Crippen molar-refractivity contribution in [3.8, 4) is 0 Å². The van der Waals surface area contributed by atoms with Gasteiger partial charge < -0.3 is 14.6 Å². The highest BCUT2D eigenvalue weighted by Gasteiger charge is 2.42. The fourth-order valence-corrected chi connectivity index (χ4v) is 1.77. The number of halogens is 3. The van der Waals surface area contributed by atoms with Crippen molar-refractivity contribution in [2.45, 2.75) is 24.5 Å². The van der Waals surface area contributed by atoms with Crippen LogP contribution in [0.1, 0.15) is 0 Å². The van der Waals surface area contributed by atoms with Gasteiger partial charge in [0, 0.05) is 33.9 Å². The van der Waals surface area contributed by atoms with Gasteiger partial charge in [0.05, 0.1) is 12.2 Å². The minimum absolute atomic E-state index is 0.245. The molecule has 0 saturated carbocycles. The van der Waals surface area contributed by atoms with Crippen molar-refractivity contribution in [1.82, 2.24) is 4.90 Å². The molecule has 1 aliphatic heterocycles. The molecule has 0 radical (unpaired) electrons. The first-order valence-electron chi connectivity index (χ1n) is 4.91. The zero-order valence-electron chi connectivity index (χ0n) is 9.20. The first-order chi connectivity index (χ1) is 7.38. The normalized spacial score (nSPS) is 29.6. The molecule has 1 saturated heterocycles. The summed E-state index contributed by atoms with van der Waals surface area (Å²) in [4.78, 5) is 1.49. The van der Waals surface area contributed by atoms with E-state index in [2.05, 4.69) is 0 Å². The van der Waals surface area contributed by atoms with Crippen molar-refractivity contribution in [2.24, 2.45) is 0 Å². The third-order valence-corrected chi connectivity index (χ3v) is 2.71. The van der Waals surface area contributed by atoms with Gasteiger partial charge in [0.1, 0.15) is 0 Å². The fraction of sp³-hybridized carbons (Fsp3) is 1.00. The zero-order chi connectivity index (χ0) is 12.3. The molecule has 0 aliphatic carbocycles. The van der Waals surface area contributed by atoms with Crippen LogP contribution in [0.2, 0.25) is 0 Å². The molecule has 0 bridgehead atoms. The van der Waals surface area contributed by atoms with E-state index in [1.54, 1.807) is 0 Å². The van der Waals surface area contributed by atoms with Crippen LogP contribution in [-0.4, -0.2) is 68.3 Å². The van der Waals surface area contributed by atoms with E-state index in [-0.39, 0.29) is 12.2 Å². The van der Waals surface area contributed by atoms with Crippen LogP contribution in [-0.2, 0) is 9.47 Å². The number of ether oxygens (including phenoxy) is 2. The smallest absolute Gasteiger partial charge is 0.382 e. The summed E-state index contributed by atoms with van der Waals surface area (Å²) < 4.78 is 46.5. The molecule has 16 heavy (non-hydrogen) atoms. The molecular weight excluding hydrogens is 227 g/mol. The topological polar surface area (TPSA) is 41.9 Å². The molecular formula is C9H16F3NO3. The Bertz CT molecular complexity index is 213. The maximum absolute atomic E-state index is 12.1. The maximum Gasteiger partial charge on any atom is 0.415 e. The summed E-state index contributed by atoms with van der Waals surface area (Å²) in [5.41, 5.74) is 0. The number of alkyl halides is 3. The summed E-state index contributed by atoms with van der Waals surface area (Å²) in [7, 11) is 2.97. The minimum Gasteiger partial charge on any atom is -0.382 e. The molecule has 3 atom stereocenters. The maximum atomic E-state index is 12.1. The highest BCUT2D eigenvalue weighted by Crippen LogP contribution is 2.23. The van der Waals surface area contributed by atoms with Gasteiger partial charge in [-0.25, -0.2) is 0 Å². The molecule has 1 heterocycles. The Balaban J connectivity index is 2.46. The average molecular weight is 243 g/mol. The van der Waals surface area contributed by atoms with Gasteiger partial charge >= 0.3 is 6.18 Å². The summed E-state index contributed by atoms with van der Waals surface area (Å²) >= 11 is 0. The molecule has 3 unspecified atom stereocenters. The molecule has 7 heteroatoms. The van der Waals surface area contributed by atoms with Crippen LogP contribution in [0.3, 0.4) is 0 Å². The van der Waals surface area contributed by atoms with E-state index < -0.39 is 18.8 Å². The van der Waals surface area contributed by atoms with Gasteiger partial charge in [-0.1, -0.05) is 0 Å². The lowest BCUT2D eigenvalue weighted by Gasteiger charge is -2.21. The summed E-state index contributed by atoms with van der Waals surface area (Å²) in [6, 6.07) is 0. The third-order valence-electron chi connectivity index (χ3n) is 2.71. The number of likely N-dealkylation sites (tertiary alicyclic amines) is 1. The van der Waals surface area contributed by atoms with Crippen molar-refractivity contribution in [2.75, 3.05) is 33.9 Å². The monoisotopic (exact) mass is 243 g/mol. The number of aliphatic hydroxyl groups excluding tert-OH is 1. The van der Waals surface area contributed by atoms with Gasteiger partial charge in [0.25, 0.3) is 0 Å². The highest BCUT2D eigenvalue weighted by atomic mass is 19.4. The van der Waals surface area contributed by atoms with E-state index in [1.165, 1.54) is 19.1 Å². The predicted molar refractivity (Wildman–Crippen MR) is 50.1 cm³/mol. The first kappa shape index (κ1) is 13.7. The van der Waals surface area contributed by atoms with Crippen LogP contribution in [0.4, 0.5) is 13.2 Å². The Kier molecular flexibility index (Phi) is 4.54. The number of rotatable bonds is 4. The molecule has 96 valence electrons. The van der Waals surface area contributed by atoms with Crippen LogP contribution in [0, 0.1) is 0 Å². The molecule has 1 rings (SSSR count). The number of aliphatic hydroxyl groups is 1. The lowest BCUT2D eigenvalue weighted by molar-refractivity contribution is -0.207. The van der Waals surface area contributed by atoms with Crippen LogP contribution in [0.5, 0.6) is 0 Å². The molecule has 0 aromatic heterocycles. The highest BCUT2D eigenvalue weighted by molar-refractivity contribution is 4.87. The summed E-state index contributed by atoms with van der Waals surface area (Å²) in [5, 5.41) is 8.92. The van der Waals surface area contributed by atoms with Crippen molar-refractivity contribution in [1.29, 1.82) is 0 Å². The molecule has 1 N–H and O–H groups in total. The van der Waals surface area contributed by atoms with Crippen LogP contribution in [0.15, 0.2) is 0 Å². The molecule has 4 nitrogen and oxygen atoms in total. The summed E-state index contributed by atoms with van der Waals surface area (Å²) in [6.45, 7) is 0.230. The van der Waals surface area contributed by atoms with Crippen molar-refractivity contribution in [3.05, 3.63) is 0 Å². The standard InChI is InChI=1S/C9H16F3NO3/c1-15-6-3-13(4-7(6)16-2)5-8(14)9(10,11)12/h6-8,14H,3-5H2,1-2H3. The van der Waals surface area contributed by atoms with Crippen molar-refractivity contribution in [3.63, 3.8) is 0 Å². The van der Waals surface area contributed by atoms with Gasteiger partial charge in [-0.3, -0.25) is 4.90 Å². The molecule has 0 aromatic rings. The summed E-state index contributed by atoms with van der Waals surface area (Å²) in [6.07, 6.45) is -7.38. The van der Waals surface area contributed by atoms with E-state index in [0.717, 1.165) is 0 Å². The van der Waals surface area contributed by atoms with Gasteiger partial charge in [-0.2, -0.15) is 13.2 Å². The second-order valence-corrected chi connectivity index (χ2v) is 3.82. The number of β-amino-alcohol motifs (C(OH)–C–C–N with tert-alkyl or cyclic N) is 1. The fourth-order valence-electron chi connectivity index (χ4n) is 1.77. The van der Waals surface area contributed by atoms with Gasteiger partial charge in [0.2, 0.25) is 0 Å². The number of nitrogens with zero attached hydrogens (tertiary/aromatic N) is 1. The Morgan fingerprint density at radius 2 is 1.69 bits per heavy atom. The second-order valence-electron chi connectivity index (χ2n) is 3.82. The van der Waals surface area contributed by atoms with E-state index in [9.17, 15) is 13.2 Å². The second kappa shape index (κ2) is 5.31. The molecule has 0 aromatic carbocycles. The van der Waals surface area contributed by atoms with E-state index in [0.29, 0.717) is 13.1 Å². The van der Waals surface area contributed by atoms with E-state index in [1.807, 2.05) is 0 Å². The number of hydrogen-bond acceptors (Lipinski definition) is 4. The SMILES string of the molecule is COC1CN(CC(O)C(F)(F)F)CC1OC. The average Bonchev–Trinajstić information content (AvgIpc) is 2.58. The molecule has 0 amide bonds. The summed E-state index contributed by atoms with van der Waals surface area (Å²) in [5.74, 6) is 0. The molecule has 0 spiro atoms. The van der Waals surface area contributed by atoms with Crippen LogP contribution >= 0.6 is 0 Å². The largest absolute Gasteiger partial charge is 0.415 e. The number of methoxy groups -OCH3 is 2. The third kappa shape index (κ3) is 3.31. The Morgan fingerprint density at radius 3 is 2.00 bits per heavy atom. The lowest BCUT2D eigenvalue weighted by Crippen LogP contribution is -2.40. The van der Waals surface area contributed by atoms with E-state index in [4.69, 9.17) is 14.6 Å². The Morgan fingerprint density at radius 1 is 1.25 bits per heavy atom. The lowest BCUT2D eigenvalue weighted by atomic mass is 10.3. The Labute approximate surface area is 91.9 Å². The Hall–Kier alpha value is -0.370. The van der Waals surface area contributed by atoms with E-state index >= 15 is 0 Å². The van der Waals surface area contributed by atoms with Gasteiger partial charge in [0.15, 0.2) is 6.10 Å². The van der Waals surface area contributed by atoms with Crippen molar-refractivity contribution < 1.29 is 27.8 Å². The quantitative estimate of drug-likeness (QED) is 0.769. The van der Waals surface area contributed by atoms with Gasteiger partial charge in [-0.05, 0) is 0 Å². The van der Waals surface area contributed by atoms with Crippen molar-refractivity contribution >= 4 is 0 Å². The molecule has 1 aliphatic rings. The van der Waals surface area contributed by atoms with Gasteiger partial charge in [-0.15, -0.1) is 0 Å². The zero-order valence-corrected chi connectivity index (χ0v) is 9.20.